The molecule has 1 aliphatic carbocycles. The van der Waals surface area contributed by atoms with Crippen LogP contribution in [0.2, 0.25) is 0 Å². The third-order valence-corrected chi connectivity index (χ3v) is 13.2. The molecule has 2 heterocycles. The lowest BCUT2D eigenvalue weighted by Gasteiger charge is -2.26. The number of fused-ring (bicyclic) bond motifs is 2. The molecule has 23 heteroatoms. The number of nitrogens with zero attached hydrogens (tertiary/aromatic N) is 4. The fraction of sp³-hybridized carbons (Fsp3) is 0.116. The summed E-state index contributed by atoms with van der Waals surface area (Å²) in [6, 6.07) is 20.5. The van der Waals surface area contributed by atoms with E-state index in [0.717, 1.165) is 28.3 Å². The fourth-order valence-corrected chi connectivity index (χ4v) is 9.63. The quantitative estimate of drug-likeness (QED) is 0.0565. The predicted octanol–water partition coefficient (Wildman–Crippen LogP) is 6.14. The van der Waals surface area contributed by atoms with Crippen molar-refractivity contribution in [1.29, 1.82) is 0 Å². The number of anilines is 6. The van der Waals surface area contributed by atoms with Crippen molar-refractivity contribution in [1.82, 2.24) is 19.5 Å². The minimum absolute atomic E-state index is 0.00937. The molecule has 0 aliphatic heterocycles. The summed E-state index contributed by atoms with van der Waals surface area (Å²) in [5, 5.41) is 18.8. The molecule has 0 atom stereocenters. The molecule has 0 spiro atoms. The number of nitrogens with one attached hydrogen (secondary N) is 3. The van der Waals surface area contributed by atoms with Crippen LogP contribution in [0.3, 0.4) is 0 Å². The molecule has 5 aromatic carbocycles. The monoisotopic (exact) mass is 953 g/mol. The second-order valence-electron chi connectivity index (χ2n) is 16.0. The first kappa shape index (κ1) is 45.2. The first-order valence-corrected chi connectivity index (χ1v) is 23.6. The molecule has 0 radical (unpaired) electrons. The van der Waals surface area contributed by atoms with Crippen molar-refractivity contribution < 1.29 is 53.6 Å². The molecule has 8 rings (SSSR count). The van der Waals surface area contributed by atoms with Crippen LogP contribution < -0.4 is 21.5 Å². The average Bonchev–Trinajstić information content (AvgIpc) is 3.22. The maximum Gasteiger partial charge on any atom is 0.320 e. The smallest absolute Gasteiger partial charge is 0.320 e. The number of aryl methyl sites for hydroxylation is 1. The van der Waals surface area contributed by atoms with Crippen molar-refractivity contribution >= 4 is 87.5 Å². The van der Waals surface area contributed by atoms with Gasteiger partial charge in [0.2, 0.25) is 11.9 Å². The fourth-order valence-electron chi connectivity index (χ4n) is 7.72. The van der Waals surface area contributed by atoms with E-state index in [1.807, 2.05) is 32.9 Å². The van der Waals surface area contributed by atoms with E-state index in [-0.39, 0.29) is 55.8 Å². The van der Waals surface area contributed by atoms with E-state index >= 15 is 0 Å². The van der Waals surface area contributed by atoms with Crippen LogP contribution in [0, 0.1) is 0 Å². The molecular formula is C43H35N7O13S3. The highest BCUT2D eigenvalue weighted by Gasteiger charge is 2.35. The average molecular weight is 954 g/mol. The number of hydrogen-bond donors (Lipinski definition) is 7. The number of ketones is 2. The van der Waals surface area contributed by atoms with E-state index in [9.17, 15) is 58.4 Å². The summed E-state index contributed by atoms with van der Waals surface area (Å²) in [5.41, 5.74) is -2.03. The molecule has 20 nitrogen and oxygen atoms in total. The van der Waals surface area contributed by atoms with Crippen molar-refractivity contribution in [2.75, 3.05) is 16.0 Å². The van der Waals surface area contributed by atoms with Crippen LogP contribution in [0.25, 0.3) is 22.0 Å². The van der Waals surface area contributed by atoms with Crippen LogP contribution >= 0.6 is 0 Å². The lowest BCUT2D eigenvalue weighted by molar-refractivity contribution is 0.102. The van der Waals surface area contributed by atoms with Crippen molar-refractivity contribution in [3.8, 4) is 17.1 Å². The Hall–Kier alpha value is -7.41. The Morgan fingerprint density at radius 2 is 1.21 bits per heavy atom. The van der Waals surface area contributed by atoms with Gasteiger partial charge in [0.05, 0.1) is 38.6 Å². The number of carbonyl (C=O) groups is 2. The highest BCUT2D eigenvalue weighted by Crippen LogP contribution is 2.45. The van der Waals surface area contributed by atoms with Crippen LogP contribution in [0.4, 0.5) is 34.6 Å². The van der Waals surface area contributed by atoms with E-state index in [0.29, 0.717) is 11.8 Å². The first-order chi connectivity index (χ1) is 30.8. The lowest BCUT2D eigenvalue weighted by Crippen LogP contribution is -2.29. The lowest BCUT2D eigenvalue weighted by atomic mass is 9.80. The Kier molecular flexibility index (Phi) is 10.9. The number of para-hydroxylation sites is 1. The van der Waals surface area contributed by atoms with Gasteiger partial charge in [0.1, 0.15) is 9.79 Å². The summed E-state index contributed by atoms with van der Waals surface area (Å²) in [4.78, 5) is 52.3. The van der Waals surface area contributed by atoms with Gasteiger partial charge < -0.3 is 25.6 Å². The summed E-state index contributed by atoms with van der Waals surface area (Å²) in [7, 11) is -14.2. The van der Waals surface area contributed by atoms with Crippen molar-refractivity contribution in [2.24, 2.45) is 7.05 Å². The number of benzene rings is 5. The number of carbonyl (C=O) groups excluding carboxylic acids is 2. The van der Waals surface area contributed by atoms with Crippen molar-refractivity contribution in [3.05, 3.63) is 135 Å². The minimum Gasteiger partial charge on any atom is -0.479 e. The summed E-state index contributed by atoms with van der Waals surface area (Å²) in [6.07, 6.45) is 0. The SMILES string of the molecule is Cn1c(=O)c(C(=O)c2cccc(S(=O)(=O)O)c2)c2c3c(c(Nc4cc(Nc5nc(O)nc(Nc6ccccc6C(C)(C)C)n5)c(S(=O)(=O)O)cc4S(=O)(=O)O)ccc31)C(=O)c1ccccc1-2. The van der Waals surface area contributed by atoms with E-state index in [2.05, 4.69) is 30.9 Å². The normalized spacial score (nSPS) is 12.7. The number of hydrogen-bond acceptors (Lipinski definition) is 16. The Bertz CT molecular complexity index is 3680. The van der Waals surface area contributed by atoms with Gasteiger partial charge in [-0.3, -0.25) is 28.0 Å². The van der Waals surface area contributed by atoms with Gasteiger partial charge in [-0.05, 0) is 59.0 Å². The predicted molar refractivity (Wildman–Crippen MR) is 240 cm³/mol. The molecule has 66 heavy (non-hydrogen) atoms. The zero-order valence-corrected chi connectivity index (χ0v) is 37.2. The standard InChI is InChI=1S/C43H35N7O13S3/c1-43(2,3)25-14-7-8-15-26(25)45-40-47-41(49-42(54)48-40)46-29-19-28(31(65(58,59)60)20-32(29)66(61,62)63)44-27-16-17-30-35-33(23-12-5-6-13-24(23)38(52)34(27)35)36(39(53)50(30)4)37(51)21-10-9-11-22(18-21)64(55,56)57/h5-20,44H,1-4H3,(H,55,56,57)(H,58,59,60)(H,61,62,63)(H3,45,46,47,48,49,54). The molecule has 0 unspecified atom stereocenters. The second kappa shape index (κ2) is 15.9. The summed E-state index contributed by atoms with van der Waals surface area (Å²) in [6.45, 7) is 5.89. The van der Waals surface area contributed by atoms with Crippen LogP contribution in [-0.4, -0.2) is 75.1 Å². The summed E-state index contributed by atoms with van der Waals surface area (Å²) in [5.74, 6) is -2.39. The van der Waals surface area contributed by atoms with Gasteiger partial charge in [0.25, 0.3) is 35.9 Å². The molecule has 338 valence electrons. The topological polar surface area (TPSA) is 314 Å². The van der Waals surface area contributed by atoms with Gasteiger partial charge in [-0.2, -0.15) is 40.2 Å². The first-order valence-electron chi connectivity index (χ1n) is 19.3. The number of rotatable bonds is 11. The Morgan fingerprint density at radius 1 is 0.621 bits per heavy atom. The molecule has 0 saturated carbocycles. The molecule has 0 fully saturated rings. The van der Waals surface area contributed by atoms with E-state index < -0.39 is 91.1 Å². The minimum atomic E-state index is -5.38. The highest BCUT2D eigenvalue weighted by atomic mass is 32.2. The van der Waals surface area contributed by atoms with Gasteiger partial charge in [-0.25, -0.2) is 0 Å². The largest absolute Gasteiger partial charge is 0.479 e. The van der Waals surface area contributed by atoms with Gasteiger partial charge in [0, 0.05) is 34.8 Å². The Morgan fingerprint density at radius 3 is 1.83 bits per heavy atom. The summed E-state index contributed by atoms with van der Waals surface area (Å²) < 4.78 is 107. The molecule has 0 saturated heterocycles. The van der Waals surface area contributed by atoms with E-state index in [1.165, 1.54) is 49.5 Å². The number of aromatic nitrogens is 4. The third-order valence-electron chi connectivity index (χ3n) is 10.6. The van der Waals surface area contributed by atoms with Crippen LogP contribution in [-0.2, 0) is 42.8 Å². The third kappa shape index (κ3) is 8.25. The number of pyridine rings is 1. The van der Waals surface area contributed by atoms with Crippen LogP contribution in [0.15, 0.2) is 117 Å². The molecule has 0 amide bonds. The van der Waals surface area contributed by atoms with Gasteiger partial charge in [-0.1, -0.05) is 75.4 Å². The zero-order valence-electron chi connectivity index (χ0n) is 34.7. The Labute approximate surface area is 375 Å². The number of aromatic hydroxyl groups is 1. The zero-order chi connectivity index (χ0) is 47.8. The van der Waals surface area contributed by atoms with Gasteiger partial charge in [-0.15, -0.1) is 0 Å². The molecule has 2 aromatic heterocycles. The van der Waals surface area contributed by atoms with Crippen LogP contribution in [0.1, 0.15) is 58.2 Å². The van der Waals surface area contributed by atoms with Gasteiger partial charge in [0.15, 0.2) is 11.6 Å². The molecule has 1 aliphatic rings. The maximum atomic E-state index is 14.6. The Balaban J connectivity index is 1.32. The van der Waals surface area contributed by atoms with E-state index in [1.54, 1.807) is 18.2 Å². The second-order valence-corrected chi connectivity index (χ2v) is 20.2. The molecule has 7 N–H and O–H groups in total. The molecule has 7 aromatic rings. The van der Waals surface area contributed by atoms with Gasteiger partial charge >= 0.3 is 6.01 Å². The summed E-state index contributed by atoms with van der Waals surface area (Å²) >= 11 is 0. The maximum absolute atomic E-state index is 14.6. The van der Waals surface area contributed by atoms with E-state index in [4.69, 9.17) is 0 Å². The van der Waals surface area contributed by atoms with Crippen LogP contribution in [0.5, 0.6) is 6.01 Å². The highest BCUT2D eigenvalue weighted by molar-refractivity contribution is 7.87. The molecule has 0 bridgehead atoms. The molecular weight excluding hydrogens is 919 g/mol. The van der Waals surface area contributed by atoms with Crippen molar-refractivity contribution in [2.45, 2.75) is 40.9 Å². The van der Waals surface area contributed by atoms with Crippen molar-refractivity contribution in [3.63, 3.8) is 0 Å².